The fourth-order valence-electron chi connectivity index (χ4n) is 1.79. The smallest absolute Gasteiger partial charge is 0.184 e. The van der Waals surface area contributed by atoms with Gasteiger partial charge in [-0.05, 0) is 19.4 Å². The molecular weight excluding hydrogens is 218 g/mol. The topological polar surface area (TPSA) is 70.1 Å². The molecule has 0 aliphatic carbocycles. The van der Waals surface area contributed by atoms with E-state index in [1.165, 1.54) is 0 Å². The Morgan fingerprint density at radius 2 is 2.12 bits per heavy atom. The number of nitrogens with zero attached hydrogens (tertiary/aromatic N) is 2. The number of nitrogens with two attached hydrogens (primary N) is 1. The average molecular weight is 239 g/mol. The summed E-state index contributed by atoms with van der Waals surface area (Å²) in [6.07, 6.45) is 6.17. The first-order valence-corrected chi connectivity index (χ1v) is 6.00. The van der Waals surface area contributed by atoms with Crippen molar-refractivity contribution < 1.29 is 9.53 Å². The van der Waals surface area contributed by atoms with Crippen LogP contribution in [0, 0.1) is 0 Å². The van der Waals surface area contributed by atoms with Crippen LogP contribution >= 0.6 is 0 Å². The molecule has 0 atom stereocenters. The summed E-state index contributed by atoms with van der Waals surface area (Å²) in [5, 5.41) is 4.02. The first-order chi connectivity index (χ1) is 8.20. The number of aryl methyl sites for hydroxylation is 1. The van der Waals surface area contributed by atoms with E-state index < -0.39 is 0 Å². The van der Waals surface area contributed by atoms with Gasteiger partial charge in [0.15, 0.2) is 11.5 Å². The molecule has 0 aliphatic heterocycles. The molecule has 0 fully saturated rings. The monoisotopic (exact) mass is 239 g/mol. The van der Waals surface area contributed by atoms with Crippen LogP contribution < -0.4 is 10.5 Å². The molecule has 1 rings (SSSR count). The normalized spacial score (nSPS) is 10.5. The second-order valence-corrected chi connectivity index (χ2v) is 4.06. The number of ketones is 1. The molecule has 96 valence electrons. The van der Waals surface area contributed by atoms with Gasteiger partial charge in [-0.1, -0.05) is 12.8 Å². The number of hydrogen-bond acceptors (Lipinski definition) is 4. The Hall–Kier alpha value is -1.36. The van der Waals surface area contributed by atoms with Gasteiger partial charge in [0, 0.05) is 13.5 Å². The Bertz CT molecular complexity index is 361. The second kappa shape index (κ2) is 7.06. The molecule has 1 aromatic rings. The third-order valence-electron chi connectivity index (χ3n) is 2.75. The van der Waals surface area contributed by atoms with Crippen LogP contribution in [-0.4, -0.2) is 29.2 Å². The van der Waals surface area contributed by atoms with Crippen LogP contribution in [-0.2, 0) is 7.05 Å². The van der Waals surface area contributed by atoms with Crippen molar-refractivity contribution in [2.24, 2.45) is 12.8 Å². The number of rotatable bonds is 8. The van der Waals surface area contributed by atoms with Crippen molar-refractivity contribution in [3.8, 4) is 5.75 Å². The van der Waals surface area contributed by atoms with Crippen LogP contribution in [0.5, 0.6) is 5.75 Å². The number of carbonyl (C=O) groups excluding carboxylic acids is 1. The molecule has 1 heterocycles. The Morgan fingerprint density at radius 3 is 2.76 bits per heavy atom. The highest BCUT2D eigenvalue weighted by molar-refractivity contribution is 5.96. The number of Topliss-reactive ketones (excluding diaryl/α,β-unsaturated/α-hetero) is 1. The van der Waals surface area contributed by atoms with Crippen molar-refractivity contribution in [3.63, 3.8) is 0 Å². The number of methoxy groups -OCH3 is 1. The van der Waals surface area contributed by atoms with E-state index >= 15 is 0 Å². The Morgan fingerprint density at radius 1 is 1.41 bits per heavy atom. The summed E-state index contributed by atoms with van der Waals surface area (Å²) in [5.41, 5.74) is 5.97. The van der Waals surface area contributed by atoms with E-state index in [9.17, 15) is 4.79 Å². The molecule has 5 heteroatoms. The lowest BCUT2D eigenvalue weighted by Crippen LogP contribution is -2.08. The SMILES string of the molecule is COc1cnn(C)c1C(=O)CCCCCCN. The molecule has 2 N–H and O–H groups in total. The lowest BCUT2D eigenvalue weighted by molar-refractivity contribution is 0.0967. The molecule has 1 aromatic heterocycles. The van der Waals surface area contributed by atoms with Crippen LogP contribution in [0.25, 0.3) is 0 Å². The zero-order valence-electron chi connectivity index (χ0n) is 10.6. The molecule has 0 aliphatic rings. The first-order valence-electron chi connectivity index (χ1n) is 6.00. The largest absolute Gasteiger partial charge is 0.493 e. The van der Waals surface area contributed by atoms with Crippen molar-refractivity contribution in [2.45, 2.75) is 32.1 Å². The molecule has 0 amide bonds. The van der Waals surface area contributed by atoms with E-state index in [1.807, 2.05) is 0 Å². The summed E-state index contributed by atoms with van der Waals surface area (Å²) in [7, 11) is 3.30. The maximum absolute atomic E-state index is 12.0. The van der Waals surface area contributed by atoms with Gasteiger partial charge in [0.1, 0.15) is 5.69 Å². The summed E-state index contributed by atoms with van der Waals surface area (Å²) in [5.74, 6) is 0.647. The van der Waals surface area contributed by atoms with Gasteiger partial charge in [-0.15, -0.1) is 0 Å². The van der Waals surface area contributed by atoms with Crippen LogP contribution in [0.1, 0.15) is 42.6 Å². The molecule has 17 heavy (non-hydrogen) atoms. The highest BCUT2D eigenvalue weighted by Crippen LogP contribution is 2.19. The van der Waals surface area contributed by atoms with E-state index in [-0.39, 0.29) is 5.78 Å². The molecule has 0 saturated heterocycles. The molecule has 0 aromatic carbocycles. The molecule has 0 spiro atoms. The van der Waals surface area contributed by atoms with Gasteiger partial charge >= 0.3 is 0 Å². The zero-order valence-corrected chi connectivity index (χ0v) is 10.6. The number of hydrogen-bond donors (Lipinski definition) is 1. The van der Waals surface area contributed by atoms with Crippen molar-refractivity contribution in [3.05, 3.63) is 11.9 Å². The van der Waals surface area contributed by atoms with Crippen molar-refractivity contribution in [1.29, 1.82) is 0 Å². The summed E-state index contributed by atoms with van der Waals surface area (Å²) >= 11 is 0. The summed E-state index contributed by atoms with van der Waals surface area (Å²) in [6, 6.07) is 0. The van der Waals surface area contributed by atoms with E-state index in [0.29, 0.717) is 17.9 Å². The lowest BCUT2D eigenvalue weighted by Gasteiger charge is -2.04. The highest BCUT2D eigenvalue weighted by Gasteiger charge is 2.16. The van der Waals surface area contributed by atoms with E-state index in [4.69, 9.17) is 10.5 Å². The van der Waals surface area contributed by atoms with Gasteiger partial charge in [0.25, 0.3) is 0 Å². The van der Waals surface area contributed by atoms with Crippen molar-refractivity contribution >= 4 is 5.78 Å². The fraction of sp³-hybridized carbons (Fsp3) is 0.667. The predicted octanol–water partition coefficient (Wildman–Crippen LogP) is 1.52. The van der Waals surface area contributed by atoms with Crippen LogP contribution in [0.4, 0.5) is 0 Å². The average Bonchev–Trinajstić information content (AvgIpc) is 2.70. The summed E-state index contributed by atoms with van der Waals surface area (Å²) < 4.78 is 6.68. The van der Waals surface area contributed by atoms with Gasteiger partial charge in [0.2, 0.25) is 0 Å². The molecule has 5 nitrogen and oxygen atoms in total. The minimum Gasteiger partial charge on any atom is -0.493 e. The lowest BCUT2D eigenvalue weighted by atomic mass is 10.1. The second-order valence-electron chi connectivity index (χ2n) is 4.06. The minimum absolute atomic E-state index is 0.0922. The van der Waals surface area contributed by atoms with Gasteiger partial charge < -0.3 is 10.5 Å². The molecule has 0 bridgehead atoms. The van der Waals surface area contributed by atoms with Crippen LogP contribution in [0.3, 0.4) is 0 Å². The third kappa shape index (κ3) is 3.85. The quantitative estimate of drug-likeness (QED) is 0.551. The van der Waals surface area contributed by atoms with E-state index in [2.05, 4.69) is 5.10 Å². The summed E-state index contributed by atoms with van der Waals surface area (Å²) in [6.45, 7) is 0.726. The summed E-state index contributed by atoms with van der Waals surface area (Å²) in [4.78, 5) is 12.0. The maximum Gasteiger partial charge on any atom is 0.184 e. The molecule has 0 radical (unpaired) electrons. The van der Waals surface area contributed by atoms with Gasteiger partial charge in [-0.3, -0.25) is 9.48 Å². The van der Waals surface area contributed by atoms with E-state index in [0.717, 1.165) is 32.2 Å². The van der Waals surface area contributed by atoms with Crippen molar-refractivity contribution in [2.75, 3.05) is 13.7 Å². The number of unbranched alkanes of at least 4 members (excludes halogenated alkanes) is 3. The van der Waals surface area contributed by atoms with E-state index in [1.54, 1.807) is 25.0 Å². The highest BCUT2D eigenvalue weighted by atomic mass is 16.5. The number of ether oxygens (including phenoxy) is 1. The fourth-order valence-corrected chi connectivity index (χ4v) is 1.79. The standard InChI is InChI=1S/C12H21N3O2/c1-15-12(11(17-2)9-14-15)10(16)7-5-3-4-6-8-13/h9H,3-8,13H2,1-2H3. The third-order valence-corrected chi connectivity index (χ3v) is 2.75. The Balaban J connectivity index is 2.44. The molecule has 0 unspecified atom stereocenters. The van der Waals surface area contributed by atoms with Gasteiger partial charge in [0.05, 0.1) is 13.3 Å². The Kier molecular flexibility index (Phi) is 5.69. The van der Waals surface area contributed by atoms with Crippen molar-refractivity contribution in [1.82, 2.24) is 9.78 Å². The first kappa shape index (κ1) is 13.7. The number of carbonyl (C=O) groups is 1. The maximum atomic E-state index is 12.0. The van der Waals surface area contributed by atoms with Crippen LogP contribution in [0.15, 0.2) is 6.20 Å². The zero-order chi connectivity index (χ0) is 12.7. The molecule has 0 saturated carbocycles. The minimum atomic E-state index is 0.0922. The Labute approximate surface area is 102 Å². The van der Waals surface area contributed by atoms with Crippen LogP contribution in [0.2, 0.25) is 0 Å². The van der Waals surface area contributed by atoms with Gasteiger partial charge in [-0.2, -0.15) is 5.10 Å². The number of aromatic nitrogens is 2. The predicted molar refractivity (Wildman–Crippen MR) is 66.2 cm³/mol. The molecular formula is C12H21N3O2. The van der Waals surface area contributed by atoms with Gasteiger partial charge in [-0.25, -0.2) is 0 Å².